The molecule has 0 spiro atoms. The minimum absolute atomic E-state index is 0.0599. The van der Waals surface area contributed by atoms with Gasteiger partial charge in [0.25, 0.3) is 5.56 Å². The Morgan fingerprint density at radius 1 is 1.00 bits per heavy atom. The lowest BCUT2D eigenvalue weighted by atomic mass is 9.86. The average Bonchev–Trinajstić information content (AvgIpc) is 3.53. The van der Waals surface area contributed by atoms with E-state index in [0.717, 1.165) is 47.5 Å². The van der Waals surface area contributed by atoms with Gasteiger partial charge in [0.15, 0.2) is 11.9 Å². The summed E-state index contributed by atoms with van der Waals surface area (Å²) in [7, 11) is 1.04. The molecule has 0 bridgehead atoms. The number of carbonyl (C=O) groups excluding carboxylic acids is 2. The number of benzene rings is 2. The Morgan fingerprint density at radius 3 is 2.52 bits per heavy atom. The number of nitro groups is 1. The van der Waals surface area contributed by atoms with Crippen LogP contribution in [0.1, 0.15) is 34.2 Å². The summed E-state index contributed by atoms with van der Waals surface area (Å²) in [6.45, 7) is -0.811. The maximum Gasteiger partial charge on any atom is 0.337 e. The van der Waals surface area contributed by atoms with Crippen molar-refractivity contribution in [1.82, 2.24) is 9.55 Å². The summed E-state index contributed by atoms with van der Waals surface area (Å²) < 4.78 is 28.2. The number of aryl methyl sites for hydroxylation is 2. The third-order valence-electron chi connectivity index (χ3n) is 9.48. The molecule has 1 aliphatic carbocycles. The van der Waals surface area contributed by atoms with E-state index in [1.807, 2.05) is 6.07 Å². The van der Waals surface area contributed by atoms with Gasteiger partial charge in [0.05, 0.1) is 41.0 Å². The second-order valence-corrected chi connectivity index (χ2v) is 12.5. The van der Waals surface area contributed by atoms with Crippen molar-refractivity contribution in [2.75, 3.05) is 13.7 Å². The minimum atomic E-state index is -1.86. The fourth-order valence-corrected chi connectivity index (χ4v) is 6.91. The number of methoxy groups -OCH3 is 1. The molecule has 5 atom stereocenters. The third kappa shape index (κ3) is 6.11. The summed E-state index contributed by atoms with van der Waals surface area (Å²) in [5.74, 6) is -1.62. The van der Waals surface area contributed by atoms with Crippen molar-refractivity contribution in [2.24, 2.45) is 0 Å². The SMILES string of the molecule is COC(=O)C1O[C@@H](Oc2ccc(COc3ccc4nc5c(c6c4c3CCC6)Cn3c-5ccc(COC(=O)CO)c3=O)cc2[N+](=O)[O-])C(O)C(O)[C@@H]1O. The van der Waals surface area contributed by atoms with Gasteiger partial charge < -0.3 is 48.7 Å². The quantitative estimate of drug-likeness (QED) is 0.0887. The topological polar surface area (TPSA) is 239 Å². The Morgan fingerprint density at radius 2 is 1.77 bits per heavy atom. The molecule has 17 nitrogen and oxygen atoms in total. The van der Waals surface area contributed by atoms with E-state index in [0.29, 0.717) is 29.1 Å². The highest BCUT2D eigenvalue weighted by molar-refractivity contribution is 5.93. The van der Waals surface area contributed by atoms with Gasteiger partial charge in [-0.15, -0.1) is 0 Å². The van der Waals surface area contributed by atoms with Crippen molar-refractivity contribution in [3.05, 3.63) is 90.7 Å². The molecule has 2 aromatic carbocycles. The van der Waals surface area contributed by atoms with Gasteiger partial charge >= 0.3 is 17.6 Å². The molecule has 0 radical (unpaired) electrons. The van der Waals surface area contributed by atoms with Crippen LogP contribution in [0.2, 0.25) is 0 Å². The highest BCUT2D eigenvalue weighted by Crippen LogP contribution is 2.42. The Labute approximate surface area is 293 Å². The van der Waals surface area contributed by atoms with E-state index in [1.54, 1.807) is 22.8 Å². The molecule has 2 aliphatic heterocycles. The number of nitro benzene ring substituents is 1. The second kappa shape index (κ2) is 13.9. The maximum atomic E-state index is 13.3. The lowest BCUT2D eigenvalue weighted by Crippen LogP contribution is -2.61. The van der Waals surface area contributed by atoms with Crippen LogP contribution < -0.4 is 15.0 Å². The number of aromatic nitrogens is 2. The smallest absolute Gasteiger partial charge is 0.337 e. The first kappa shape index (κ1) is 35.0. The lowest BCUT2D eigenvalue weighted by molar-refractivity contribution is -0.387. The predicted molar refractivity (Wildman–Crippen MR) is 176 cm³/mol. The van der Waals surface area contributed by atoms with Gasteiger partial charge in [-0.25, -0.2) is 14.6 Å². The number of hydrogen-bond acceptors (Lipinski definition) is 15. The zero-order valence-electron chi connectivity index (χ0n) is 27.6. The number of pyridine rings is 2. The number of aliphatic hydroxyl groups excluding tert-OH is 4. The number of nitrogens with zero attached hydrogens (tertiary/aromatic N) is 3. The van der Waals surface area contributed by atoms with Crippen LogP contribution >= 0.6 is 0 Å². The first-order chi connectivity index (χ1) is 25.0. The number of esters is 2. The number of ether oxygens (including phenoxy) is 5. The summed E-state index contributed by atoms with van der Waals surface area (Å²) in [6.07, 6.45) is -6.73. The number of aliphatic hydroxyl groups is 4. The molecular weight excluding hydrogens is 686 g/mol. The van der Waals surface area contributed by atoms with Gasteiger partial charge in [0.1, 0.15) is 43.9 Å². The molecule has 0 amide bonds. The van der Waals surface area contributed by atoms with Crippen molar-refractivity contribution < 1.29 is 58.6 Å². The highest BCUT2D eigenvalue weighted by Gasteiger charge is 2.49. The molecule has 52 heavy (non-hydrogen) atoms. The van der Waals surface area contributed by atoms with Crippen LogP contribution in [-0.2, 0) is 56.4 Å². The fourth-order valence-electron chi connectivity index (χ4n) is 6.91. The minimum Gasteiger partial charge on any atom is -0.489 e. The van der Waals surface area contributed by atoms with E-state index < -0.39 is 59.9 Å². The van der Waals surface area contributed by atoms with Crippen LogP contribution in [-0.4, -0.2) is 91.3 Å². The Hall–Kier alpha value is -5.46. The van der Waals surface area contributed by atoms with Crippen LogP contribution in [0, 0.1) is 10.1 Å². The van der Waals surface area contributed by atoms with Crippen molar-refractivity contribution in [3.63, 3.8) is 0 Å². The molecular formula is C35H33N3O14. The number of fused-ring (bicyclic) bond motifs is 4. The molecule has 17 heteroatoms. The first-order valence-corrected chi connectivity index (χ1v) is 16.3. The summed E-state index contributed by atoms with van der Waals surface area (Å²) in [4.78, 5) is 53.0. The summed E-state index contributed by atoms with van der Waals surface area (Å²) in [6, 6.07) is 11.0. The number of hydrogen-bond donors (Lipinski definition) is 4. The molecule has 4 aromatic rings. The average molecular weight is 720 g/mol. The largest absolute Gasteiger partial charge is 0.489 e. The van der Waals surface area contributed by atoms with Crippen molar-refractivity contribution >= 4 is 28.5 Å². The molecule has 4 N–H and O–H groups in total. The zero-order chi connectivity index (χ0) is 36.8. The van der Waals surface area contributed by atoms with Crippen molar-refractivity contribution in [2.45, 2.75) is 69.7 Å². The van der Waals surface area contributed by atoms with E-state index in [9.17, 15) is 39.8 Å². The van der Waals surface area contributed by atoms with E-state index in [4.69, 9.17) is 29.0 Å². The highest BCUT2D eigenvalue weighted by atomic mass is 16.7. The summed E-state index contributed by atoms with van der Waals surface area (Å²) in [5, 5.41) is 52.7. The summed E-state index contributed by atoms with van der Waals surface area (Å²) >= 11 is 0. The molecule has 1 fully saturated rings. The monoisotopic (exact) mass is 719 g/mol. The second-order valence-electron chi connectivity index (χ2n) is 12.5. The zero-order valence-corrected chi connectivity index (χ0v) is 27.6. The molecule has 1 saturated heterocycles. The van der Waals surface area contributed by atoms with E-state index >= 15 is 0 Å². The molecule has 0 saturated carbocycles. The number of rotatable bonds is 10. The van der Waals surface area contributed by atoms with Gasteiger partial charge in [-0.05, 0) is 60.7 Å². The van der Waals surface area contributed by atoms with E-state index in [1.165, 1.54) is 18.2 Å². The van der Waals surface area contributed by atoms with Crippen LogP contribution in [0.15, 0.2) is 47.3 Å². The van der Waals surface area contributed by atoms with E-state index in [-0.39, 0.29) is 36.6 Å². The van der Waals surface area contributed by atoms with Gasteiger partial charge in [-0.2, -0.15) is 0 Å². The van der Waals surface area contributed by atoms with Crippen LogP contribution in [0.5, 0.6) is 11.5 Å². The van der Waals surface area contributed by atoms with Crippen LogP contribution in [0.4, 0.5) is 5.69 Å². The standard InChI is InChI=1S/C35H33N3O14/c1-48-34(45)32-30(42)29(41)31(43)35(52-32)51-25-9-5-16(11-23(25)38(46)47)14-49-24-10-7-21-27-18(3-2-4-19(24)27)20-12-37-22(28(20)36-21)8-6-17(33(37)44)15-50-26(40)13-39/h5-11,29-32,35,39,41-43H,2-4,12-15H2,1H3/t29?,30-,31?,32?,35+/m0/s1. The molecule has 4 heterocycles. The van der Waals surface area contributed by atoms with Crippen molar-refractivity contribution in [1.29, 1.82) is 0 Å². The molecule has 3 unspecified atom stereocenters. The van der Waals surface area contributed by atoms with Crippen LogP contribution in [0.25, 0.3) is 22.3 Å². The number of carbonyl (C=O) groups is 2. The Bertz CT molecular complexity index is 2170. The molecule has 7 rings (SSSR count). The maximum absolute atomic E-state index is 13.3. The Kier molecular flexibility index (Phi) is 9.36. The van der Waals surface area contributed by atoms with Crippen molar-refractivity contribution in [3.8, 4) is 22.9 Å². The van der Waals surface area contributed by atoms with Gasteiger partial charge in [0.2, 0.25) is 6.29 Å². The van der Waals surface area contributed by atoms with Gasteiger partial charge in [-0.1, -0.05) is 6.07 Å². The van der Waals surface area contributed by atoms with Crippen LogP contribution in [0.3, 0.4) is 0 Å². The Balaban J connectivity index is 1.13. The van der Waals surface area contributed by atoms with E-state index in [2.05, 4.69) is 4.74 Å². The third-order valence-corrected chi connectivity index (χ3v) is 9.48. The molecule has 272 valence electrons. The van der Waals surface area contributed by atoms with Gasteiger partial charge in [0, 0.05) is 22.6 Å². The van der Waals surface area contributed by atoms with Gasteiger partial charge in [-0.3, -0.25) is 14.9 Å². The fraction of sp³-hybridized carbons (Fsp3) is 0.371. The normalized spacial score (nSPS) is 21.6. The predicted octanol–water partition coefficient (Wildman–Crippen LogP) is 0.796. The first-order valence-electron chi connectivity index (χ1n) is 16.3. The molecule has 2 aromatic heterocycles. The molecule has 3 aliphatic rings. The lowest BCUT2D eigenvalue weighted by Gasteiger charge is -2.38. The summed E-state index contributed by atoms with van der Waals surface area (Å²) in [5.41, 5.74) is 4.86.